The molecule has 6 heteroatoms. The molecule has 0 saturated heterocycles. The first kappa shape index (κ1) is 9.74. The van der Waals surface area contributed by atoms with Gasteiger partial charge in [0.2, 0.25) is 11.2 Å². The van der Waals surface area contributed by atoms with Crippen molar-refractivity contribution >= 4 is 22.6 Å². The van der Waals surface area contributed by atoms with Crippen molar-refractivity contribution in [1.82, 2.24) is 20.2 Å². The highest BCUT2D eigenvalue weighted by molar-refractivity contribution is 6.28. The van der Waals surface area contributed by atoms with Gasteiger partial charge in [-0.3, -0.25) is 5.10 Å². The number of nitrogens with one attached hydrogen (secondary N) is 1. The zero-order chi connectivity index (χ0) is 10.8. The summed E-state index contributed by atoms with van der Waals surface area (Å²) in [4.78, 5) is 7.87. The number of hydrogen-bond acceptors (Lipinski definition) is 4. The van der Waals surface area contributed by atoms with Crippen LogP contribution in [-0.2, 0) is 0 Å². The molecule has 2 aromatic heterocycles. The molecule has 2 rings (SSSR count). The molecule has 0 aliphatic rings. The Balaban J connectivity index is 2.49. The lowest BCUT2D eigenvalue weighted by molar-refractivity contribution is 0.271. The molecule has 0 aliphatic heterocycles. The van der Waals surface area contributed by atoms with Gasteiger partial charge in [-0.15, -0.1) is 6.42 Å². The van der Waals surface area contributed by atoms with Crippen molar-refractivity contribution in [2.75, 3.05) is 0 Å². The number of rotatable bonds is 2. The second kappa shape index (κ2) is 3.75. The first-order valence-electron chi connectivity index (χ1n) is 4.20. The molecule has 2 heterocycles. The van der Waals surface area contributed by atoms with E-state index in [9.17, 15) is 0 Å². The standard InChI is InChI=1S/C9H7ClN4O/c1-3-5(2)15-8-6-4-11-14-7(6)12-9(10)13-8/h1,4-5H,2H3,(H,11,12,13,14). The van der Waals surface area contributed by atoms with Crippen LogP contribution in [0.1, 0.15) is 6.92 Å². The summed E-state index contributed by atoms with van der Waals surface area (Å²) in [5.74, 6) is 2.77. The lowest BCUT2D eigenvalue weighted by Crippen LogP contribution is -2.09. The van der Waals surface area contributed by atoms with Gasteiger partial charge in [0.05, 0.1) is 6.20 Å². The average Bonchev–Trinajstić information content (AvgIpc) is 2.65. The number of fused-ring (bicyclic) bond motifs is 1. The van der Waals surface area contributed by atoms with Crippen molar-refractivity contribution < 1.29 is 4.74 Å². The Kier molecular flexibility index (Phi) is 2.44. The minimum absolute atomic E-state index is 0.0889. The molecule has 0 fully saturated rings. The van der Waals surface area contributed by atoms with Gasteiger partial charge in [-0.1, -0.05) is 5.92 Å². The maximum atomic E-state index is 5.71. The Bertz CT molecular complexity index is 530. The Morgan fingerprint density at radius 3 is 3.13 bits per heavy atom. The van der Waals surface area contributed by atoms with E-state index in [0.29, 0.717) is 16.9 Å². The van der Waals surface area contributed by atoms with Crippen LogP contribution in [0.15, 0.2) is 6.20 Å². The number of H-pyrrole nitrogens is 1. The monoisotopic (exact) mass is 222 g/mol. The highest BCUT2D eigenvalue weighted by atomic mass is 35.5. The summed E-state index contributed by atoms with van der Waals surface area (Å²) in [6, 6.07) is 0. The third-order valence-electron chi connectivity index (χ3n) is 1.77. The van der Waals surface area contributed by atoms with Crippen LogP contribution < -0.4 is 4.74 Å². The summed E-state index contributed by atoms with van der Waals surface area (Å²) in [5, 5.41) is 7.24. The van der Waals surface area contributed by atoms with Crippen LogP contribution in [0.4, 0.5) is 0 Å². The van der Waals surface area contributed by atoms with E-state index in [0.717, 1.165) is 0 Å². The van der Waals surface area contributed by atoms with Crippen LogP contribution in [0.3, 0.4) is 0 Å². The normalized spacial score (nSPS) is 12.3. The van der Waals surface area contributed by atoms with Crippen molar-refractivity contribution in [1.29, 1.82) is 0 Å². The van der Waals surface area contributed by atoms with E-state index in [1.165, 1.54) is 0 Å². The molecule has 1 N–H and O–H groups in total. The number of aromatic nitrogens is 4. The van der Waals surface area contributed by atoms with Crippen molar-refractivity contribution in [3.05, 3.63) is 11.5 Å². The number of nitrogens with zero attached hydrogens (tertiary/aromatic N) is 3. The van der Waals surface area contributed by atoms with Crippen molar-refractivity contribution in [3.8, 4) is 18.2 Å². The summed E-state index contributed by atoms with van der Waals surface area (Å²) in [5.41, 5.74) is 0.522. The second-order valence-corrected chi connectivity index (χ2v) is 3.19. The molecule has 0 amide bonds. The van der Waals surface area contributed by atoms with E-state index in [4.69, 9.17) is 22.8 Å². The van der Waals surface area contributed by atoms with E-state index in [1.54, 1.807) is 13.1 Å². The van der Waals surface area contributed by atoms with Crippen molar-refractivity contribution in [2.24, 2.45) is 0 Å². The van der Waals surface area contributed by atoms with Gasteiger partial charge in [0.25, 0.3) is 0 Å². The van der Waals surface area contributed by atoms with Crippen LogP contribution in [0.2, 0.25) is 5.28 Å². The van der Waals surface area contributed by atoms with E-state index < -0.39 is 0 Å². The van der Waals surface area contributed by atoms with Crippen LogP contribution in [0, 0.1) is 12.3 Å². The SMILES string of the molecule is C#CC(C)Oc1nc(Cl)nc2[nH]ncc12. The smallest absolute Gasteiger partial charge is 0.230 e. The highest BCUT2D eigenvalue weighted by Gasteiger charge is 2.11. The molecule has 0 spiro atoms. The topological polar surface area (TPSA) is 63.7 Å². The molecule has 76 valence electrons. The number of ether oxygens (including phenoxy) is 1. The van der Waals surface area contributed by atoms with Gasteiger partial charge in [0.15, 0.2) is 11.8 Å². The maximum Gasteiger partial charge on any atom is 0.230 e. The number of aromatic amines is 1. The fraction of sp³-hybridized carbons (Fsp3) is 0.222. The maximum absolute atomic E-state index is 5.71. The third-order valence-corrected chi connectivity index (χ3v) is 1.94. The first-order chi connectivity index (χ1) is 7.20. The molecule has 1 unspecified atom stereocenters. The van der Waals surface area contributed by atoms with E-state index in [-0.39, 0.29) is 11.4 Å². The van der Waals surface area contributed by atoms with Crippen LogP contribution in [0.25, 0.3) is 11.0 Å². The predicted molar refractivity (Wildman–Crippen MR) is 55.6 cm³/mol. The summed E-state index contributed by atoms with van der Waals surface area (Å²) < 4.78 is 5.38. The molecule has 2 aromatic rings. The summed E-state index contributed by atoms with van der Waals surface area (Å²) in [6.07, 6.45) is 6.38. The van der Waals surface area contributed by atoms with E-state index in [1.807, 2.05) is 0 Å². The quantitative estimate of drug-likeness (QED) is 0.616. The summed E-state index contributed by atoms with van der Waals surface area (Å²) in [7, 11) is 0. The first-order valence-corrected chi connectivity index (χ1v) is 4.58. The van der Waals surface area contributed by atoms with E-state index in [2.05, 4.69) is 26.1 Å². The average molecular weight is 223 g/mol. The molecule has 0 aliphatic carbocycles. The van der Waals surface area contributed by atoms with Gasteiger partial charge < -0.3 is 4.74 Å². The van der Waals surface area contributed by atoms with Crippen LogP contribution >= 0.6 is 11.6 Å². The van der Waals surface area contributed by atoms with Crippen LogP contribution in [0.5, 0.6) is 5.88 Å². The van der Waals surface area contributed by atoms with Gasteiger partial charge in [-0.25, -0.2) is 0 Å². The summed E-state index contributed by atoms with van der Waals surface area (Å²) in [6.45, 7) is 1.74. The zero-order valence-corrected chi connectivity index (χ0v) is 8.62. The zero-order valence-electron chi connectivity index (χ0n) is 7.86. The number of halogens is 1. The van der Waals surface area contributed by atoms with Gasteiger partial charge >= 0.3 is 0 Å². The number of terminal acetylenes is 1. The minimum atomic E-state index is -0.380. The molecule has 15 heavy (non-hydrogen) atoms. The molecule has 0 radical (unpaired) electrons. The summed E-state index contributed by atoms with van der Waals surface area (Å²) >= 11 is 5.71. The second-order valence-electron chi connectivity index (χ2n) is 2.86. The van der Waals surface area contributed by atoms with Crippen LogP contribution in [-0.4, -0.2) is 26.3 Å². The molecule has 0 aromatic carbocycles. The molecule has 0 saturated carbocycles. The van der Waals surface area contributed by atoms with Gasteiger partial charge in [0, 0.05) is 0 Å². The Morgan fingerprint density at radius 1 is 1.60 bits per heavy atom. The van der Waals surface area contributed by atoms with Crippen molar-refractivity contribution in [2.45, 2.75) is 13.0 Å². The molecule has 1 atom stereocenters. The predicted octanol–water partition coefficient (Wildman–Crippen LogP) is 1.41. The Hall–Kier alpha value is -1.80. The lowest BCUT2D eigenvalue weighted by atomic mass is 10.4. The minimum Gasteiger partial charge on any atom is -0.461 e. The molecule has 0 bridgehead atoms. The van der Waals surface area contributed by atoms with Crippen molar-refractivity contribution in [3.63, 3.8) is 0 Å². The number of hydrogen-bond donors (Lipinski definition) is 1. The van der Waals surface area contributed by atoms with E-state index >= 15 is 0 Å². The molecular formula is C9H7ClN4O. The van der Waals surface area contributed by atoms with Gasteiger partial charge in [-0.2, -0.15) is 15.1 Å². The fourth-order valence-electron chi connectivity index (χ4n) is 1.07. The molecule has 5 nitrogen and oxygen atoms in total. The Morgan fingerprint density at radius 2 is 2.40 bits per heavy atom. The van der Waals surface area contributed by atoms with Gasteiger partial charge in [0.1, 0.15) is 5.39 Å². The van der Waals surface area contributed by atoms with Gasteiger partial charge in [-0.05, 0) is 18.5 Å². The highest BCUT2D eigenvalue weighted by Crippen LogP contribution is 2.22. The third kappa shape index (κ3) is 1.85. The Labute approximate surface area is 90.8 Å². The lowest BCUT2D eigenvalue weighted by Gasteiger charge is -2.07. The fourth-order valence-corrected chi connectivity index (χ4v) is 1.23. The molecular weight excluding hydrogens is 216 g/mol. The largest absolute Gasteiger partial charge is 0.461 e.